The SMILES string of the molecule is Clc1ccc(OCCC2CC2)c(CBr)c1. The summed E-state index contributed by atoms with van der Waals surface area (Å²) in [6, 6.07) is 5.77. The maximum atomic E-state index is 5.91. The standard InChI is InChI=1S/C12H14BrClO/c13-8-10-7-11(14)3-4-12(10)15-6-5-9-1-2-9/h3-4,7,9H,1-2,5-6,8H2. The highest BCUT2D eigenvalue weighted by atomic mass is 79.9. The van der Waals surface area contributed by atoms with Gasteiger partial charge in [-0.2, -0.15) is 0 Å². The topological polar surface area (TPSA) is 9.23 Å². The molecule has 3 heteroatoms. The van der Waals surface area contributed by atoms with Gasteiger partial charge in [-0.15, -0.1) is 0 Å². The van der Waals surface area contributed by atoms with Crippen molar-refractivity contribution in [1.82, 2.24) is 0 Å². The smallest absolute Gasteiger partial charge is 0.123 e. The summed E-state index contributed by atoms with van der Waals surface area (Å²) in [6.07, 6.45) is 3.95. The van der Waals surface area contributed by atoms with Crippen LogP contribution in [0.1, 0.15) is 24.8 Å². The fraction of sp³-hybridized carbons (Fsp3) is 0.500. The van der Waals surface area contributed by atoms with E-state index in [9.17, 15) is 0 Å². The average Bonchev–Trinajstić information content (AvgIpc) is 3.04. The molecular weight excluding hydrogens is 275 g/mol. The van der Waals surface area contributed by atoms with Crippen LogP contribution in [0, 0.1) is 5.92 Å². The van der Waals surface area contributed by atoms with Gasteiger partial charge in [0.15, 0.2) is 0 Å². The largest absolute Gasteiger partial charge is 0.493 e. The lowest BCUT2D eigenvalue weighted by atomic mass is 10.2. The van der Waals surface area contributed by atoms with E-state index in [0.29, 0.717) is 0 Å². The van der Waals surface area contributed by atoms with E-state index in [1.165, 1.54) is 19.3 Å². The molecule has 0 aromatic heterocycles. The lowest BCUT2D eigenvalue weighted by Crippen LogP contribution is -2.00. The monoisotopic (exact) mass is 288 g/mol. The molecule has 1 aromatic rings. The minimum absolute atomic E-state index is 0.763. The molecule has 0 amide bonds. The Bertz CT molecular complexity index is 336. The minimum atomic E-state index is 0.763. The van der Waals surface area contributed by atoms with Crippen LogP contribution in [-0.2, 0) is 5.33 Å². The van der Waals surface area contributed by atoms with Gasteiger partial charge in [0.1, 0.15) is 5.75 Å². The molecule has 15 heavy (non-hydrogen) atoms. The number of rotatable bonds is 5. The number of halogens is 2. The number of ether oxygens (including phenoxy) is 1. The molecular formula is C12H14BrClO. The molecule has 1 aliphatic carbocycles. The molecule has 1 fully saturated rings. The van der Waals surface area contributed by atoms with Crippen LogP contribution in [-0.4, -0.2) is 6.61 Å². The van der Waals surface area contributed by atoms with Crippen LogP contribution in [0.25, 0.3) is 0 Å². The van der Waals surface area contributed by atoms with Gasteiger partial charge >= 0.3 is 0 Å². The molecule has 0 saturated heterocycles. The van der Waals surface area contributed by atoms with Crippen molar-refractivity contribution >= 4 is 27.5 Å². The summed E-state index contributed by atoms with van der Waals surface area (Å²) in [6.45, 7) is 0.826. The molecule has 0 bridgehead atoms. The highest BCUT2D eigenvalue weighted by Gasteiger charge is 2.20. The van der Waals surface area contributed by atoms with Gasteiger partial charge < -0.3 is 4.74 Å². The second-order valence-electron chi connectivity index (χ2n) is 3.97. The van der Waals surface area contributed by atoms with Crippen molar-refractivity contribution in [2.45, 2.75) is 24.6 Å². The van der Waals surface area contributed by atoms with Crippen molar-refractivity contribution in [3.63, 3.8) is 0 Å². The number of hydrogen-bond donors (Lipinski definition) is 0. The Hall–Kier alpha value is -0.210. The average molecular weight is 290 g/mol. The number of hydrogen-bond acceptors (Lipinski definition) is 1. The van der Waals surface area contributed by atoms with E-state index in [-0.39, 0.29) is 0 Å². The summed E-state index contributed by atoms with van der Waals surface area (Å²) < 4.78 is 5.75. The second kappa shape index (κ2) is 5.22. The predicted molar refractivity (Wildman–Crippen MR) is 66.9 cm³/mol. The maximum Gasteiger partial charge on any atom is 0.123 e. The minimum Gasteiger partial charge on any atom is -0.493 e. The van der Waals surface area contributed by atoms with Crippen LogP contribution in [0.4, 0.5) is 0 Å². The number of benzene rings is 1. The zero-order valence-electron chi connectivity index (χ0n) is 8.51. The molecule has 0 aliphatic heterocycles. The molecule has 1 nitrogen and oxygen atoms in total. The Morgan fingerprint density at radius 1 is 1.40 bits per heavy atom. The molecule has 1 aliphatic rings. The molecule has 82 valence electrons. The molecule has 0 radical (unpaired) electrons. The first kappa shape index (κ1) is 11.3. The van der Waals surface area contributed by atoms with Crippen LogP contribution < -0.4 is 4.74 Å². The molecule has 0 spiro atoms. The van der Waals surface area contributed by atoms with E-state index in [2.05, 4.69) is 15.9 Å². The molecule has 2 rings (SSSR count). The highest BCUT2D eigenvalue weighted by Crippen LogP contribution is 2.33. The molecule has 0 N–H and O–H groups in total. The Kier molecular flexibility index (Phi) is 3.92. The van der Waals surface area contributed by atoms with E-state index in [4.69, 9.17) is 16.3 Å². The van der Waals surface area contributed by atoms with Crippen LogP contribution in [0.5, 0.6) is 5.75 Å². The quantitative estimate of drug-likeness (QED) is 0.729. The number of alkyl halides is 1. The van der Waals surface area contributed by atoms with Crippen molar-refractivity contribution in [3.8, 4) is 5.75 Å². The Morgan fingerprint density at radius 3 is 2.87 bits per heavy atom. The van der Waals surface area contributed by atoms with Gasteiger partial charge in [-0.3, -0.25) is 0 Å². The summed E-state index contributed by atoms with van der Waals surface area (Å²) >= 11 is 9.35. The van der Waals surface area contributed by atoms with E-state index >= 15 is 0 Å². The van der Waals surface area contributed by atoms with Gasteiger partial charge in [0, 0.05) is 15.9 Å². The van der Waals surface area contributed by atoms with Gasteiger partial charge in [0.25, 0.3) is 0 Å². The first-order valence-corrected chi connectivity index (χ1v) is 6.76. The van der Waals surface area contributed by atoms with Crippen LogP contribution >= 0.6 is 27.5 Å². The molecule has 1 saturated carbocycles. The Balaban J connectivity index is 1.92. The zero-order valence-corrected chi connectivity index (χ0v) is 10.9. The van der Waals surface area contributed by atoms with Crippen LogP contribution in [0.15, 0.2) is 18.2 Å². The summed E-state index contributed by atoms with van der Waals surface area (Å²) in [5, 5.41) is 1.55. The summed E-state index contributed by atoms with van der Waals surface area (Å²) in [4.78, 5) is 0. The third-order valence-corrected chi connectivity index (χ3v) is 3.49. The van der Waals surface area contributed by atoms with Crippen LogP contribution in [0.2, 0.25) is 5.02 Å². The zero-order chi connectivity index (χ0) is 10.7. The van der Waals surface area contributed by atoms with E-state index in [0.717, 1.165) is 34.2 Å². The fourth-order valence-corrected chi connectivity index (χ4v) is 2.17. The molecule has 1 aromatic carbocycles. The molecule has 0 atom stereocenters. The first-order valence-electron chi connectivity index (χ1n) is 5.27. The van der Waals surface area contributed by atoms with E-state index in [1.54, 1.807) is 0 Å². The highest BCUT2D eigenvalue weighted by molar-refractivity contribution is 9.08. The van der Waals surface area contributed by atoms with E-state index < -0.39 is 0 Å². The summed E-state index contributed by atoms with van der Waals surface area (Å²) in [5.41, 5.74) is 1.12. The first-order chi connectivity index (χ1) is 7.29. The lowest BCUT2D eigenvalue weighted by molar-refractivity contribution is 0.300. The van der Waals surface area contributed by atoms with Crippen molar-refractivity contribution in [1.29, 1.82) is 0 Å². The molecule has 0 unspecified atom stereocenters. The Labute approximate surface area is 104 Å². The predicted octanol–water partition coefficient (Wildman–Crippen LogP) is 4.41. The maximum absolute atomic E-state index is 5.91. The Morgan fingerprint density at radius 2 is 2.20 bits per heavy atom. The van der Waals surface area contributed by atoms with Crippen molar-refractivity contribution in [3.05, 3.63) is 28.8 Å². The van der Waals surface area contributed by atoms with Crippen molar-refractivity contribution < 1.29 is 4.74 Å². The normalized spacial score (nSPS) is 15.3. The van der Waals surface area contributed by atoms with Gasteiger partial charge in [0.2, 0.25) is 0 Å². The molecule has 0 heterocycles. The van der Waals surface area contributed by atoms with E-state index in [1.807, 2.05) is 18.2 Å². The van der Waals surface area contributed by atoms with Gasteiger partial charge in [0.05, 0.1) is 6.61 Å². The van der Waals surface area contributed by atoms with Crippen LogP contribution in [0.3, 0.4) is 0 Å². The third kappa shape index (κ3) is 3.39. The second-order valence-corrected chi connectivity index (χ2v) is 4.96. The van der Waals surface area contributed by atoms with Gasteiger partial charge in [-0.05, 0) is 30.5 Å². The van der Waals surface area contributed by atoms with Gasteiger partial charge in [-0.25, -0.2) is 0 Å². The lowest BCUT2D eigenvalue weighted by Gasteiger charge is -2.09. The summed E-state index contributed by atoms with van der Waals surface area (Å²) in [7, 11) is 0. The summed E-state index contributed by atoms with van der Waals surface area (Å²) in [5.74, 6) is 1.88. The van der Waals surface area contributed by atoms with Gasteiger partial charge in [-0.1, -0.05) is 40.4 Å². The van der Waals surface area contributed by atoms with Crippen molar-refractivity contribution in [2.24, 2.45) is 5.92 Å². The fourth-order valence-electron chi connectivity index (χ4n) is 1.54. The van der Waals surface area contributed by atoms with Crippen molar-refractivity contribution in [2.75, 3.05) is 6.61 Å². The third-order valence-electron chi connectivity index (χ3n) is 2.65.